The number of hydrogen-bond acceptors (Lipinski definition) is 6. The number of aromatic nitrogens is 1. The Bertz CT molecular complexity index is 767. The third-order valence-corrected chi connectivity index (χ3v) is 5.82. The van der Waals surface area contributed by atoms with E-state index in [-0.39, 0.29) is 18.3 Å². The van der Waals surface area contributed by atoms with E-state index in [2.05, 4.69) is 22.5 Å². The summed E-state index contributed by atoms with van der Waals surface area (Å²) >= 11 is 0. The molecule has 1 unspecified atom stereocenters. The Morgan fingerprint density at radius 1 is 1.35 bits per heavy atom. The third-order valence-electron chi connectivity index (χ3n) is 5.82. The van der Waals surface area contributed by atoms with E-state index in [1.54, 1.807) is 13.3 Å². The summed E-state index contributed by atoms with van der Waals surface area (Å²) in [6.07, 6.45) is 5.62. The Morgan fingerprint density at radius 2 is 2.15 bits per heavy atom. The second-order valence-corrected chi connectivity index (χ2v) is 6.97. The van der Waals surface area contributed by atoms with E-state index in [0.29, 0.717) is 11.8 Å². The summed E-state index contributed by atoms with van der Waals surface area (Å²) in [5, 5.41) is 12.1. The maximum atomic E-state index is 11.2. The zero-order valence-electron chi connectivity index (χ0n) is 15.5. The summed E-state index contributed by atoms with van der Waals surface area (Å²) in [6, 6.07) is 7.96. The molecule has 5 rings (SSSR count). The molecular formula is C20H30N4O2. The quantitative estimate of drug-likeness (QED) is 0.720. The fourth-order valence-corrected chi connectivity index (χ4v) is 4.44. The summed E-state index contributed by atoms with van der Waals surface area (Å²) in [5.74, 6) is 2.01. The lowest BCUT2D eigenvalue weighted by Crippen LogP contribution is -2.54. The Hall–Kier alpha value is -1.99. The number of methoxy groups -OCH3 is 1. The van der Waals surface area contributed by atoms with Gasteiger partial charge in [0.1, 0.15) is 5.75 Å². The van der Waals surface area contributed by atoms with Gasteiger partial charge in [0.05, 0.1) is 18.7 Å². The van der Waals surface area contributed by atoms with Gasteiger partial charge >= 0.3 is 0 Å². The summed E-state index contributed by atoms with van der Waals surface area (Å²) in [5.41, 5.74) is 1.85. The van der Waals surface area contributed by atoms with Crippen molar-refractivity contribution >= 4 is 10.9 Å². The van der Waals surface area contributed by atoms with Gasteiger partial charge in [-0.1, -0.05) is 6.08 Å². The molecule has 1 aromatic carbocycles. The van der Waals surface area contributed by atoms with Gasteiger partial charge in [0, 0.05) is 24.2 Å². The van der Waals surface area contributed by atoms with Crippen LogP contribution < -0.4 is 17.0 Å². The van der Waals surface area contributed by atoms with Crippen LogP contribution in [0.1, 0.15) is 24.5 Å². The number of benzene rings is 1. The molecule has 7 N–H and O–H groups in total. The van der Waals surface area contributed by atoms with Gasteiger partial charge in [-0.2, -0.15) is 0 Å². The molecule has 4 heterocycles. The van der Waals surface area contributed by atoms with Crippen LogP contribution >= 0.6 is 0 Å². The van der Waals surface area contributed by atoms with Crippen LogP contribution in [-0.4, -0.2) is 41.2 Å². The maximum Gasteiger partial charge on any atom is 0.119 e. The predicted molar refractivity (Wildman–Crippen MR) is 105 cm³/mol. The van der Waals surface area contributed by atoms with Gasteiger partial charge < -0.3 is 22.1 Å². The van der Waals surface area contributed by atoms with Gasteiger partial charge in [-0.15, -0.1) is 6.58 Å². The first-order valence-corrected chi connectivity index (χ1v) is 8.68. The molecule has 142 valence electrons. The first-order valence-electron chi connectivity index (χ1n) is 8.68. The fraction of sp³-hybridized carbons (Fsp3) is 0.450. The lowest BCUT2D eigenvalue weighted by molar-refractivity contribution is -0.0444. The van der Waals surface area contributed by atoms with Crippen molar-refractivity contribution in [1.29, 1.82) is 0 Å². The van der Waals surface area contributed by atoms with Crippen LogP contribution in [0.15, 0.2) is 43.1 Å². The molecule has 1 aromatic heterocycles. The number of hydrogen-bond donors (Lipinski definition) is 3. The highest BCUT2D eigenvalue weighted by Crippen LogP contribution is 2.42. The Morgan fingerprint density at radius 3 is 2.81 bits per heavy atom. The first-order chi connectivity index (χ1) is 11.7. The monoisotopic (exact) mass is 358 g/mol. The molecule has 3 saturated heterocycles. The molecule has 0 radical (unpaired) electrons. The fourth-order valence-electron chi connectivity index (χ4n) is 4.44. The third kappa shape index (κ3) is 3.33. The highest BCUT2D eigenvalue weighted by Gasteiger charge is 2.42. The van der Waals surface area contributed by atoms with Crippen molar-refractivity contribution in [3.8, 4) is 5.75 Å². The molecule has 0 amide bonds. The second kappa shape index (κ2) is 8.14. The molecule has 5 atom stereocenters. The normalized spacial score (nSPS) is 27.9. The lowest BCUT2D eigenvalue weighted by atomic mass is 9.73. The van der Waals surface area contributed by atoms with Crippen molar-refractivity contribution < 1.29 is 9.84 Å². The smallest absolute Gasteiger partial charge is 0.119 e. The zero-order chi connectivity index (χ0) is 16.7. The Labute approximate surface area is 155 Å². The molecule has 3 aliphatic rings. The molecule has 6 heteroatoms. The van der Waals surface area contributed by atoms with Gasteiger partial charge in [0.25, 0.3) is 0 Å². The van der Waals surface area contributed by atoms with Crippen LogP contribution in [0, 0.1) is 11.8 Å². The largest absolute Gasteiger partial charge is 0.497 e. The Balaban J connectivity index is 0.00000121. The number of fused-ring (bicyclic) bond motifs is 4. The number of aliphatic hydroxyl groups excluding tert-OH is 1. The van der Waals surface area contributed by atoms with Crippen LogP contribution in [0.3, 0.4) is 0 Å². The molecular weight excluding hydrogens is 328 g/mol. The molecule has 0 spiro atoms. The van der Waals surface area contributed by atoms with Crippen LogP contribution in [0.2, 0.25) is 0 Å². The SMILES string of the molecule is C=C[C@H]1CN2CC[C@H]1C[C@H]2[C@H](O)c1ccnc2ccc(OC)cc12.N.N. The van der Waals surface area contributed by atoms with Crippen molar-refractivity contribution in [3.63, 3.8) is 0 Å². The number of ether oxygens (including phenoxy) is 1. The van der Waals surface area contributed by atoms with Gasteiger partial charge in [-0.25, -0.2) is 0 Å². The van der Waals surface area contributed by atoms with E-state index >= 15 is 0 Å². The minimum absolute atomic E-state index is 0. The second-order valence-electron chi connectivity index (χ2n) is 6.97. The van der Waals surface area contributed by atoms with E-state index in [4.69, 9.17) is 4.74 Å². The standard InChI is InChI=1S/C20H24N2O2.2H3N/c1-3-13-12-22-9-7-14(13)10-19(22)20(23)16-6-8-21-18-5-4-15(24-2)11-17(16)18;;/h3-6,8,11,13-14,19-20,23H,1,7,9-10,12H2,2H3;2*1H3/t13-,14-,19-,20+;;/m0../s1. The highest BCUT2D eigenvalue weighted by molar-refractivity contribution is 5.83. The Kier molecular flexibility index (Phi) is 6.36. The van der Waals surface area contributed by atoms with E-state index in [9.17, 15) is 5.11 Å². The van der Waals surface area contributed by atoms with Crippen molar-refractivity contribution in [3.05, 3.63) is 48.7 Å². The molecule has 0 saturated carbocycles. The number of piperidine rings is 3. The average molecular weight is 358 g/mol. The maximum absolute atomic E-state index is 11.2. The summed E-state index contributed by atoms with van der Waals surface area (Å²) < 4.78 is 5.35. The van der Waals surface area contributed by atoms with E-state index in [1.165, 1.54) is 6.42 Å². The molecule has 0 aliphatic carbocycles. The van der Waals surface area contributed by atoms with Crippen LogP contribution in [0.4, 0.5) is 0 Å². The van der Waals surface area contributed by atoms with Gasteiger partial charge in [0.15, 0.2) is 0 Å². The average Bonchev–Trinajstić information content (AvgIpc) is 2.66. The van der Waals surface area contributed by atoms with Crippen LogP contribution in [0.5, 0.6) is 5.75 Å². The molecule has 26 heavy (non-hydrogen) atoms. The van der Waals surface area contributed by atoms with E-state index in [0.717, 1.165) is 41.7 Å². The van der Waals surface area contributed by atoms with Crippen molar-refractivity contribution in [2.24, 2.45) is 11.8 Å². The van der Waals surface area contributed by atoms with Crippen LogP contribution in [0.25, 0.3) is 10.9 Å². The van der Waals surface area contributed by atoms with Crippen LogP contribution in [-0.2, 0) is 0 Å². The highest BCUT2D eigenvalue weighted by atomic mass is 16.5. The topological polar surface area (TPSA) is 116 Å². The number of pyridine rings is 1. The molecule has 6 nitrogen and oxygen atoms in total. The van der Waals surface area contributed by atoms with Gasteiger partial charge in [0.2, 0.25) is 0 Å². The van der Waals surface area contributed by atoms with Crippen molar-refractivity contribution in [1.82, 2.24) is 22.2 Å². The number of rotatable bonds is 4. The number of nitrogens with zero attached hydrogens (tertiary/aromatic N) is 2. The summed E-state index contributed by atoms with van der Waals surface area (Å²) in [4.78, 5) is 6.86. The van der Waals surface area contributed by atoms with Gasteiger partial charge in [-0.3, -0.25) is 9.88 Å². The first kappa shape index (κ1) is 20.3. The van der Waals surface area contributed by atoms with E-state index in [1.807, 2.05) is 24.3 Å². The molecule has 3 fully saturated rings. The lowest BCUT2D eigenvalue weighted by Gasteiger charge is -2.50. The summed E-state index contributed by atoms with van der Waals surface area (Å²) in [7, 11) is 1.66. The van der Waals surface area contributed by atoms with Gasteiger partial charge in [-0.05, 0) is 61.1 Å². The minimum atomic E-state index is -0.504. The number of aliphatic hydroxyl groups is 1. The minimum Gasteiger partial charge on any atom is -0.497 e. The molecule has 2 bridgehead atoms. The van der Waals surface area contributed by atoms with Crippen molar-refractivity contribution in [2.75, 3.05) is 20.2 Å². The molecule has 2 aromatic rings. The predicted octanol–water partition coefficient (Wildman–Crippen LogP) is 3.50. The molecule has 3 aliphatic heterocycles. The van der Waals surface area contributed by atoms with Crippen molar-refractivity contribution in [2.45, 2.75) is 25.0 Å². The zero-order valence-corrected chi connectivity index (χ0v) is 15.5. The summed E-state index contributed by atoms with van der Waals surface area (Å²) in [6.45, 7) is 6.07. The van der Waals surface area contributed by atoms with E-state index < -0.39 is 6.10 Å².